The number of hydrogen-bond acceptors (Lipinski definition) is 2. The van der Waals surface area contributed by atoms with Crippen molar-refractivity contribution in [2.75, 3.05) is 6.98 Å². The Hall–Kier alpha value is -1.06. The third kappa shape index (κ3) is 5.22. The third-order valence-electron chi connectivity index (χ3n) is 0.829. The summed E-state index contributed by atoms with van der Waals surface area (Å²) in [4.78, 5) is 24.1. The Balaban J connectivity index is 6.93. The average molecular weight is 202 g/mol. The van der Waals surface area contributed by atoms with Gasteiger partial charge in [0.2, 0.25) is 11.8 Å². The Kier molecular flexibility index (Phi) is 0.842. The number of rotatable bonds is 4. The summed E-state index contributed by atoms with van der Waals surface area (Å²) in [5.74, 6) is -8.75. The summed E-state index contributed by atoms with van der Waals surface area (Å²) in [6, 6.07) is -4.16. The molecule has 0 aliphatic rings. The van der Waals surface area contributed by atoms with Crippen molar-refractivity contribution in [1.82, 2.24) is 10.6 Å². The molecule has 0 unspecified atom stereocenters. The van der Waals surface area contributed by atoms with Crippen molar-refractivity contribution in [2.24, 2.45) is 5.89 Å². The molecule has 0 aromatic carbocycles. The van der Waals surface area contributed by atoms with Crippen LogP contribution in [0.5, 0.6) is 0 Å². The highest BCUT2D eigenvalue weighted by Gasteiger charge is 2.18. The van der Waals surface area contributed by atoms with E-state index in [2.05, 4.69) is 0 Å². The fourth-order valence-electron chi connectivity index (χ4n) is 0.446. The van der Waals surface area contributed by atoms with Gasteiger partial charge in [0.15, 0.2) is 0 Å². The standard InChI is InChI=1S/C9H18N2O2/c1-6(2)5-8(9(13)10-4)11-7(3)12/h6,8H,5H2,1-4H3,(H,10,13)(H,11,12)/t8-/m0/s1/i1D3,2D3,3D3,4D3,5D2,6D,8D. The van der Waals surface area contributed by atoms with E-state index in [1.165, 1.54) is 0 Å². The Bertz CT molecular complexity index is 629. The van der Waals surface area contributed by atoms with Crippen LogP contribution in [0.15, 0.2) is 0 Å². The highest BCUT2D eigenvalue weighted by atomic mass is 16.2. The molecule has 4 nitrogen and oxygen atoms in total. The summed E-state index contributed by atoms with van der Waals surface area (Å²) in [6.45, 7) is -15.1. The van der Waals surface area contributed by atoms with E-state index in [0.29, 0.717) is 0 Å². The van der Waals surface area contributed by atoms with Crippen LogP contribution < -0.4 is 10.6 Å². The topological polar surface area (TPSA) is 58.2 Å². The lowest BCUT2D eigenvalue weighted by molar-refractivity contribution is -0.128. The molecule has 0 saturated carbocycles. The molecule has 0 saturated heterocycles. The maximum Gasteiger partial charge on any atom is 0.242 e. The van der Waals surface area contributed by atoms with Crippen molar-refractivity contribution in [1.29, 1.82) is 0 Å². The molecule has 0 bridgehead atoms. The van der Waals surface area contributed by atoms with Gasteiger partial charge in [-0.15, -0.1) is 0 Å². The first-order chi connectivity index (χ1) is 12.3. The van der Waals surface area contributed by atoms with Crippen molar-refractivity contribution in [3.8, 4) is 0 Å². The lowest BCUT2D eigenvalue weighted by Crippen LogP contribution is -2.45. The molecule has 2 N–H and O–H groups in total. The van der Waals surface area contributed by atoms with Gasteiger partial charge in [0.25, 0.3) is 0 Å². The first-order valence-corrected chi connectivity index (χ1v) is 2.91. The average Bonchev–Trinajstić information content (AvgIpc) is 2.40. The van der Waals surface area contributed by atoms with Crippen LogP contribution >= 0.6 is 0 Å². The molecule has 0 aromatic rings. The summed E-state index contributed by atoms with van der Waals surface area (Å²) >= 11 is 0. The SMILES string of the molecule is [2H]C([2H])([2H])NC(=O)[C@@]([2H])(NC(=O)C([2H])([2H])[2H])C([2H])([2H])C([2H])(C([2H])([2H])[2H])C([2H])([2H])[2H]. The number of likely N-dealkylation sites (N-methyl/N-ethyl adjacent to an activating group) is 1. The normalized spacial score (nSPS) is 38.8. The second-order valence-corrected chi connectivity index (χ2v) is 1.78. The number of hydrogen-bond donors (Lipinski definition) is 2. The van der Waals surface area contributed by atoms with E-state index in [0.717, 1.165) is 10.6 Å². The van der Waals surface area contributed by atoms with Gasteiger partial charge in [-0.25, -0.2) is 0 Å². The van der Waals surface area contributed by atoms with Gasteiger partial charge in [-0.05, 0) is 12.3 Å². The summed E-state index contributed by atoms with van der Waals surface area (Å²) in [7, 11) is 0. The minimum atomic E-state index is -4.37. The minimum Gasteiger partial charge on any atom is -0.357 e. The maximum atomic E-state index is 12.3. The molecule has 0 aliphatic carbocycles. The van der Waals surface area contributed by atoms with Gasteiger partial charge in [-0.2, -0.15) is 0 Å². The Morgan fingerprint density at radius 1 is 1.62 bits per heavy atom. The van der Waals surface area contributed by atoms with Gasteiger partial charge < -0.3 is 10.6 Å². The molecule has 0 spiro atoms. The molecular formula is C9H18N2O2. The second-order valence-electron chi connectivity index (χ2n) is 1.78. The van der Waals surface area contributed by atoms with Crippen LogP contribution in [-0.4, -0.2) is 24.8 Å². The molecule has 0 heterocycles. The van der Waals surface area contributed by atoms with Crippen molar-refractivity contribution < 1.29 is 31.5 Å². The zero-order valence-electron chi connectivity index (χ0n) is 22.3. The zero-order chi connectivity index (χ0) is 24.1. The van der Waals surface area contributed by atoms with Gasteiger partial charge >= 0.3 is 0 Å². The first-order valence-electron chi connectivity index (χ1n) is 10.9. The van der Waals surface area contributed by atoms with Gasteiger partial charge in [-0.1, -0.05) is 13.7 Å². The molecule has 0 rings (SSSR count). The lowest BCUT2D eigenvalue weighted by Gasteiger charge is -2.17. The van der Waals surface area contributed by atoms with E-state index in [4.69, 9.17) is 21.9 Å². The number of carbonyl (C=O) groups excluding carboxylic acids is 2. The van der Waals surface area contributed by atoms with Crippen molar-refractivity contribution in [2.45, 2.75) is 32.9 Å². The molecular weight excluding hydrogens is 168 g/mol. The van der Waals surface area contributed by atoms with Crippen LogP contribution in [0, 0.1) is 5.89 Å². The van der Waals surface area contributed by atoms with Crippen molar-refractivity contribution >= 4 is 11.8 Å². The Labute approximate surface area is 102 Å². The quantitative estimate of drug-likeness (QED) is 0.688. The maximum absolute atomic E-state index is 12.3. The lowest BCUT2D eigenvalue weighted by atomic mass is 10.0. The number of carbonyl (C=O) groups is 2. The third-order valence-corrected chi connectivity index (χ3v) is 0.829. The Morgan fingerprint density at radius 3 is 2.92 bits per heavy atom. The van der Waals surface area contributed by atoms with Gasteiger partial charge in [-0.3, -0.25) is 9.59 Å². The van der Waals surface area contributed by atoms with E-state index in [1.54, 1.807) is 0 Å². The fraction of sp³-hybridized carbons (Fsp3) is 0.778. The minimum absolute atomic E-state index is 1.05. The van der Waals surface area contributed by atoms with E-state index >= 15 is 0 Å². The predicted molar refractivity (Wildman–Crippen MR) is 51.1 cm³/mol. The summed E-state index contributed by atoms with van der Waals surface area (Å²) < 4.78 is 117. The first kappa shape index (κ1) is 1.97. The van der Waals surface area contributed by atoms with Crippen LogP contribution in [0.1, 0.15) is 48.9 Å². The van der Waals surface area contributed by atoms with Gasteiger partial charge in [0.1, 0.15) is 6.02 Å². The van der Waals surface area contributed by atoms with Crippen LogP contribution in [0.25, 0.3) is 0 Å². The van der Waals surface area contributed by atoms with Gasteiger partial charge in [0.05, 0.1) is 1.37 Å². The highest BCUT2D eigenvalue weighted by Crippen LogP contribution is 2.04. The molecule has 0 fully saturated rings. The second kappa shape index (κ2) is 5.56. The number of amides is 2. The van der Waals surface area contributed by atoms with Crippen LogP contribution in [0.3, 0.4) is 0 Å². The fourth-order valence-corrected chi connectivity index (χ4v) is 0.446. The molecule has 0 radical (unpaired) electrons. The number of nitrogens with one attached hydrogen (secondary N) is 2. The molecule has 76 valence electrons. The summed E-state index contributed by atoms with van der Waals surface area (Å²) in [6.07, 6.45) is -4.37. The molecule has 4 heteroatoms. The van der Waals surface area contributed by atoms with E-state index < -0.39 is 57.6 Å². The monoisotopic (exact) mass is 202 g/mol. The van der Waals surface area contributed by atoms with E-state index in [9.17, 15) is 9.59 Å². The molecule has 1 atom stereocenters. The summed E-state index contributed by atoms with van der Waals surface area (Å²) in [5.41, 5.74) is 0. The predicted octanol–water partition coefficient (Wildman–Crippen LogP) is 0.283. The van der Waals surface area contributed by atoms with Gasteiger partial charge in [0, 0.05) is 34.4 Å². The zero-order valence-corrected chi connectivity index (χ0v) is 6.32. The van der Waals surface area contributed by atoms with Crippen molar-refractivity contribution in [3.63, 3.8) is 0 Å². The summed E-state index contributed by atoms with van der Waals surface area (Å²) in [5, 5.41) is 2.14. The smallest absolute Gasteiger partial charge is 0.242 e. The van der Waals surface area contributed by atoms with Crippen LogP contribution in [-0.2, 0) is 9.59 Å². The van der Waals surface area contributed by atoms with Crippen LogP contribution in [0.4, 0.5) is 0 Å². The Morgan fingerprint density at radius 2 is 2.38 bits per heavy atom. The molecule has 0 aromatic heterocycles. The van der Waals surface area contributed by atoms with Crippen LogP contribution in [0.2, 0.25) is 0 Å². The van der Waals surface area contributed by atoms with E-state index in [-0.39, 0.29) is 0 Å². The molecule has 2 amide bonds. The highest BCUT2D eigenvalue weighted by molar-refractivity contribution is 5.86. The van der Waals surface area contributed by atoms with E-state index in [1.807, 2.05) is 0 Å². The molecule has 0 aliphatic heterocycles. The largest absolute Gasteiger partial charge is 0.357 e. The molecule has 13 heavy (non-hydrogen) atoms. The van der Waals surface area contributed by atoms with Crippen molar-refractivity contribution in [3.05, 3.63) is 0 Å².